The lowest BCUT2D eigenvalue weighted by molar-refractivity contribution is 0.411. The van der Waals surface area contributed by atoms with Crippen LogP contribution in [0.25, 0.3) is 79.0 Å². The molecule has 270 valence electrons. The number of hydrogen-bond acceptors (Lipinski definition) is 5. The fourth-order valence-electron chi connectivity index (χ4n) is 8.91. The van der Waals surface area contributed by atoms with Crippen LogP contribution in [0.1, 0.15) is 29.0 Å². The van der Waals surface area contributed by atoms with Crippen LogP contribution < -0.4 is 10.6 Å². The van der Waals surface area contributed by atoms with Gasteiger partial charge in [0.15, 0.2) is 0 Å². The zero-order valence-electron chi connectivity index (χ0n) is 30.7. The minimum absolute atomic E-state index is 0.0902. The van der Waals surface area contributed by atoms with E-state index in [4.69, 9.17) is 4.99 Å². The molecule has 11 aromatic rings. The predicted octanol–water partition coefficient (Wildman–Crippen LogP) is 13.5. The first-order valence-corrected chi connectivity index (χ1v) is 21.0. The fourth-order valence-corrected chi connectivity index (χ4v) is 11.4. The van der Waals surface area contributed by atoms with Crippen LogP contribution in [-0.4, -0.2) is 10.4 Å². The van der Waals surface area contributed by atoms with Crippen LogP contribution in [0.15, 0.2) is 187 Å². The number of amidine groups is 1. The SMILES string of the molecule is c1ccc(C2=NC(c3cccc4c3sc3c(-c5ccc6c(c5)sc5cccc(-n7c8ccccc8c8ccccc87)c56)cccc34)NC(c3ccccc3)N2)cc1. The molecule has 0 radical (unpaired) electrons. The maximum atomic E-state index is 5.31. The molecule has 8 aromatic carbocycles. The van der Waals surface area contributed by atoms with Gasteiger partial charge in [-0.1, -0.05) is 152 Å². The maximum Gasteiger partial charge on any atom is 0.131 e. The normalized spacial score (nSPS) is 15.9. The molecule has 0 aliphatic carbocycles. The average molecular weight is 767 g/mol. The molecule has 0 fully saturated rings. The number of aromatic nitrogens is 1. The second-order valence-corrected chi connectivity index (χ2v) is 16.8. The molecular formula is C51H34N4S2. The summed E-state index contributed by atoms with van der Waals surface area (Å²) in [7, 11) is 0. The molecule has 0 saturated heterocycles. The maximum absolute atomic E-state index is 5.31. The first-order chi connectivity index (χ1) is 28.3. The summed E-state index contributed by atoms with van der Waals surface area (Å²) in [6.45, 7) is 0. The van der Waals surface area contributed by atoms with Gasteiger partial charge in [0.2, 0.25) is 0 Å². The van der Waals surface area contributed by atoms with Gasteiger partial charge >= 0.3 is 0 Å². The van der Waals surface area contributed by atoms with Crippen molar-refractivity contribution in [2.45, 2.75) is 12.3 Å². The van der Waals surface area contributed by atoms with Gasteiger partial charge in [0.25, 0.3) is 0 Å². The largest absolute Gasteiger partial charge is 0.350 e. The van der Waals surface area contributed by atoms with E-state index < -0.39 is 0 Å². The third-order valence-electron chi connectivity index (χ3n) is 11.5. The number of rotatable bonds is 5. The van der Waals surface area contributed by atoms with Crippen molar-refractivity contribution in [3.8, 4) is 16.8 Å². The zero-order chi connectivity index (χ0) is 37.5. The van der Waals surface area contributed by atoms with Crippen molar-refractivity contribution >= 4 is 90.7 Å². The summed E-state index contributed by atoms with van der Waals surface area (Å²) in [4.78, 5) is 5.31. The molecule has 4 nitrogen and oxygen atoms in total. The number of thiophene rings is 2. The minimum Gasteiger partial charge on any atom is -0.350 e. The molecule has 2 atom stereocenters. The fraction of sp³-hybridized carbons (Fsp3) is 0.0392. The molecule has 57 heavy (non-hydrogen) atoms. The van der Waals surface area contributed by atoms with Crippen molar-refractivity contribution in [3.63, 3.8) is 0 Å². The van der Waals surface area contributed by atoms with Gasteiger partial charge in [-0.2, -0.15) is 0 Å². The van der Waals surface area contributed by atoms with Gasteiger partial charge < -0.3 is 9.88 Å². The Morgan fingerprint density at radius 1 is 0.491 bits per heavy atom. The number of nitrogens with zero attached hydrogens (tertiary/aromatic N) is 2. The lowest BCUT2D eigenvalue weighted by Crippen LogP contribution is -2.44. The lowest BCUT2D eigenvalue weighted by Gasteiger charge is -2.32. The van der Waals surface area contributed by atoms with Crippen LogP contribution in [0.5, 0.6) is 0 Å². The van der Waals surface area contributed by atoms with E-state index in [1.54, 1.807) is 0 Å². The molecule has 0 spiro atoms. The Balaban J connectivity index is 0.995. The lowest BCUT2D eigenvalue weighted by atomic mass is 10.00. The third kappa shape index (κ3) is 5.19. The summed E-state index contributed by atoms with van der Waals surface area (Å²) < 4.78 is 7.61. The summed E-state index contributed by atoms with van der Waals surface area (Å²) >= 11 is 3.76. The molecule has 12 rings (SSSR count). The van der Waals surface area contributed by atoms with Crippen molar-refractivity contribution in [2.24, 2.45) is 4.99 Å². The second-order valence-electron chi connectivity index (χ2n) is 14.7. The Labute approximate surface area is 337 Å². The minimum atomic E-state index is -0.231. The highest BCUT2D eigenvalue weighted by Crippen LogP contribution is 2.46. The topological polar surface area (TPSA) is 41.4 Å². The Bertz CT molecular complexity index is 3320. The molecule has 2 N–H and O–H groups in total. The molecule has 3 aromatic heterocycles. The zero-order valence-corrected chi connectivity index (χ0v) is 32.3. The highest BCUT2D eigenvalue weighted by atomic mass is 32.1. The number of para-hydroxylation sites is 2. The predicted molar refractivity (Wildman–Crippen MR) is 243 cm³/mol. The summed E-state index contributed by atoms with van der Waals surface area (Å²) in [5, 5.41) is 15.2. The standard InChI is InChI=1S/C51H34N4S2/c1-3-14-31(15-4-1)49-52-50(32-16-5-2-6-17-32)54-51(53-49)40-23-12-22-38-37-21-11-20-34(47(37)57-48(38)40)33-28-29-39-45(30-33)56-44-27-13-26-43(46(39)44)55-41-24-9-7-18-35(41)36-19-8-10-25-42(36)55/h1-30,49,51,53H,(H,52,54). The number of benzene rings is 8. The smallest absolute Gasteiger partial charge is 0.131 e. The summed E-state index contributed by atoms with van der Waals surface area (Å²) in [5.41, 5.74) is 9.63. The van der Waals surface area contributed by atoms with Crippen LogP contribution in [0, 0.1) is 0 Å². The second kappa shape index (κ2) is 13.0. The van der Waals surface area contributed by atoms with E-state index in [-0.39, 0.29) is 12.3 Å². The van der Waals surface area contributed by atoms with Crippen LogP contribution in [0.2, 0.25) is 0 Å². The molecule has 1 aliphatic rings. The summed E-state index contributed by atoms with van der Waals surface area (Å²) in [6, 6.07) is 65.9. The van der Waals surface area contributed by atoms with Gasteiger partial charge in [-0.15, -0.1) is 22.7 Å². The monoisotopic (exact) mass is 766 g/mol. The Kier molecular flexibility index (Phi) is 7.45. The van der Waals surface area contributed by atoms with E-state index in [0.29, 0.717) is 0 Å². The molecule has 1 aliphatic heterocycles. The third-order valence-corrected chi connectivity index (χ3v) is 13.9. The molecule has 0 amide bonds. The van der Waals surface area contributed by atoms with Gasteiger partial charge in [-0.05, 0) is 47.0 Å². The Morgan fingerprint density at radius 2 is 1.16 bits per heavy atom. The van der Waals surface area contributed by atoms with Crippen molar-refractivity contribution in [1.29, 1.82) is 0 Å². The molecule has 4 heterocycles. The number of nitrogens with one attached hydrogen (secondary N) is 2. The first-order valence-electron chi connectivity index (χ1n) is 19.4. The van der Waals surface area contributed by atoms with E-state index in [1.807, 2.05) is 22.7 Å². The van der Waals surface area contributed by atoms with E-state index in [0.717, 1.165) is 11.4 Å². The van der Waals surface area contributed by atoms with Crippen LogP contribution in [0.4, 0.5) is 0 Å². The molecular weight excluding hydrogens is 733 g/mol. The Morgan fingerprint density at radius 3 is 1.95 bits per heavy atom. The summed E-state index contributed by atoms with van der Waals surface area (Å²) in [5.74, 6) is 0.893. The van der Waals surface area contributed by atoms with Crippen molar-refractivity contribution in [2.75, 3.05) is 0 Å². The Hall–Kier alpha value is -6.57. The van der Waals surface area contributed by atoms with E-state index >= 15 is 0 Å². The van der Waals surface area contributed by atoms with Crippen LogP contribution >= 0.6 is 22.7 Å². The van der Waals surface area contributed by atoms with Crippen molar-refractivity contribution in [3.05, 3.63) is 199 Å². The highest BCUT2D eigenvalue weighted by molar-refractivity contribution is 7.27. The summed E-state index contributed by atoms with van der Waals surface area (Å²) in [6.07, 6.45) is -0.321. The van der Waals surface area contributed by atoms with Gasteiger partial charge in [-0.3, -0.25) is 5.32 Å². The number of fused-ring (bicyclic) bond motifs is 9. The van der Waals surface area contributed by atoms with E-state index in [2.05, 4.69) is 197 Å². The van der Waals surface area contributed by atoms with Gasteiger partial charge in [0, 0.05) is 62.2 Å². The van der Waals surface area contributed by atoms with E-state index in [9.17, 15) is 0 Å². The average Bonchev–Trinajstić information content (AvgIpc) is 3.96. The molecule has 0 bridgehead atoms. The van der Waals surface area contributed by atoms with Gasteiger partial charge in [0.05, 0.1) is 16.7 Å². The van der Waals surface area contributed by atoms with Crippen molar-refractivity contribution < 1.29 is 0 Å². The van der Waals surface area contributed by atoms with Crippen LogP contribution in [-0.2, 0) is 0 Å². The van der Waals surface area contributed by atoms with Crippen molar-refractivity contribution in [1.82, 2.24) is 15.2 Å². The van der Waals surface area contributed by atoms with Gasteiger partial charge in [-0.25, -0.2) is 4.99 Å². The quantitative estimate of drug-likeness (QED) is 0.183. The van der Waals surface area contributed by atoms with Gasteiger partial charge in [0.1, 0.15) is 18.2 Å². The first kappa shape index (κ1) is 32.7. The van der Waals surface area contributed by atoms with Crippen LogP contribution in [0.3, 0.4) is 0 Å². The molecule has 6 heteroatoms. The van der Waals surface area contributed by atoms with E-state index in [1.165, 1.54) is 90.1 Å². The highest BCUT2D eigenvalue weighted by Gasteiger charge is 2.27. The molecule has 2 unspecified atom stereocenters. The molecule has 0 saturated carbocycles. The number of hydrogen-bond donors (Lipinski definition) is 2. The number of aliphatic imine (C=N–C) groups is 1.